The Bertz CT molecular complexity index is 524. The summed E-state index contributed by atoms with van der Waals surface area (Å²) in [7, 11) is 0. The van der Waals surface area contributed by atoms with Crippen LogP contribution in [0.1, 0.15) is 19.8 Å². The number of aliphatic imine (C=N–C) groups is 1. The standard InChI is InChI=1S/C14H14ClNO2/c1-2-11(14(17)18)13-7-4-9-3-5-10(15)6-8-12(9)16-13/h3,5-8,11H,2,4H2,1H3,(H,17,18). The Morgan fingerprint density at radius 1 is 1.50 bits per heavy atom. The number of nitrogens with zero attached hydrogens (tertiary/aromatic N) is 1. The molecule has 0 bridgehead atoms. The van der Waals surface area contributed by atoms with Gasteiger partial charge in [-0.2, -0.15) is 0 Å². The summed E-state index contributed by atoms with van der Waals surface area (Å²) in [6.07, 6.45) is 10.5. The fraction of sp³-hybridized carbons (Fsp3) is 0.286. The van der Waals surface area contributed by atoms with Crippen LogP contribution in [0.25, 0.3) is 0 Å². The summed E-state index contributed by atoms with van der Waals surface area (Å²) < 4.78 is 0. The van der Waals surface area contributed by atoms with E-state index in [-0.39, 0.29) is 0 Å². The third-order valence-electron chi connectivity index (χ3n) is 3.02. The summed E-state index contributed by atoms with van der Waals surface area (Å²) in [5, 5.41) is 9.79. The molecule has 2 rings (SSSR count). The molecule has 0 fully saturated rings. The second-order valence-corrected chi connectivity index (χ2v) is 4.64. The first-order valence-electron chi connectivity index (χ1n) is 5.88. The van der Waals surface area contributed by atoms with Gasteiger partial charge in [0.25, 0.3) is 0 Å². The highest BCUT2D eigenvalue weighted by Crippen LogP contribution is 2.26. The van der Waals surface area contributed by atoms with Crippen molar-refractivity contribution in [3.05, 3.63) is 46.7 Å². The van der Waals surface area contributed by atoms with Crippen molar-refractivity contribution in [2.75, 3.05) is 0 Å². The monoisotopic (exact) mass is 263 g/mol. The molecule has 0 amide bonds. The van der Waals surface area contributed by atoms with Crippen LogP contribution in [0.4, 0.5) is 0 Å². The van der Waals surface area contributed by atoms with Crippen LogP contribution in [0, 0.1) is 5.92 Å². The van der Waals surface area contributed by atoms with E-state index < -0.39 is 11.9 Å². The Morgan fingerprint density at radius 2 is 2.28 bits per heavy atom. The topological polar surface area (TPSA) is 49.7 Å². The molecule has 0 aromatic carbocycles. The lowest BCUT2D eigenvalue weighted by Gasteiger charge is -2.17. The number of hydrogen-bond acceptors (Lipinski definition) is 2. The number of fused-ring (bicyclic) bond motifs is 1. The average Bonchev–Trinajstić information content (AvgIpc) is 2.52. The number of rotatable bonds is 3. The highest BCUT2D eigenvalue weighted by atomic mass is 35.5. The Hall–Kier alpha value is -1.61. The number of halogens is 1. The van der Waals surface area contributed by atoms with Gasteiger partial charge in [-0.25, -0.2) is 0 Å². The molecule has 1 heterocycles. The first kappa shape index (κ1) is 12.8. The largest absolute Gasteiger partial charge is 0.481 e. The molecule has 1 atom stereocenters. The van der Waals surface area contributed by atoms with Gasteiger partial charge in [-0.3, -0.25) is 9.79 Å². The lowest BCUT2D eigenvalue weighted by atomic mass is 9.96. The molecule has 0 aromatic heterocycles. The van der Waals surface area contributed by atoms with Gasteiger partial charge < -0.3 is 5.11 Å². The fourth-order valence-corrected chi connectivity index (χ4v) is 2.12. The first-order valence-corrected chi connectivity index (χ1v) is 6.26. The third-order valence-corrected chi connectivity index (χ3v) is 3.27. The van der Waals surface area contributed by atoms with Crippen LogP contribution in [-0.2, 0) is 4.79 Å². The van der Waals surface area contributed by atoms with E-state index in [2.05, 4.69) is 4.99 Å². The van der Waals surface area contributed by atoms with Gasteiger partial charge >= 0.3 is 5.97 Å². The van der Waals surface area contributed by atoms with Gasteiger partial charge in [-0.1, -0.05) is 30.7 Å². The van der Waals surface area contributed by atoms with Crippen molar-refractivity contribution in [1.82, 2.24) is 0 Å². The number of carboxylic acids is 1. The summed E-state index contributed by atoms with van der Waals surface area (Å²) in [5.41, 5.74) is 2.50. The van der Waals surface area contributed by atoms with Gasteiger partial charge in [-0.05, 0) is 36.6 Å². The minimum atomic E-state index is -0.825. The van der Waals surface area contributed by atoms with Crippen molar-refractivity contribution in [2.45, 2.75) is 19.8 Å². The minimum Gasteiger partial charge on any atom is -0.481 e. The van der Waals surface area contributed by atoms with E-state index in [1.807, 2.05) is 31.2 Å². The van der Waals surface area contributed by atoms with E-state index in [9.17, 15) is 4.79 Å². The summed E-state index contributed by atoms with van der Waals surface area (Å²) in [5.74, 6) is -1.35. The molecule has 0 radical (unpaired) electrons. The highest BCUT2D eigenvalue weighted by Gasteiger charge is 2.23. The number of carboxylic acid groups (broad SMARTS) is 1. The molecule has 1 unspecified atom stereocenters. The number of hydrogen-bond donors (Lipinski definition) is 1. The summed E-state index contributed by atoms with van der Waals surface area (Å²) in [6.45, 7) is 1.85. The van der Waals surface area contributed by atoms with Crippen molar-refractivity contribution in [2.24, 2.45) is 10.9 Å². The van der Waals surface area contributed by atoms with Gasteiger partial charge in [0.2, 0.25) is 0 Å². The van der Waals surface area contributed by atoms with Gasteiger partial charge in [0, 0.05) is 5.03 Å². The Labute approximate surface area is 111 Å². The van der Waals surface area contributed by atoms with Gasteiger partial charge in [0.15, 0.2) is 0 Å². The SMILES string of the molecule is CCC(C(=O)O)C1=CCC2=CC=C(Cl)C=CC2=N1. The van der Waals surface area contributed by atoms with E-state index >= 15 is 0 Å². The Morgan fingerprint density at radius 3 is 2.94 bits per heavy atom. The molecule has 0 spiro atoms. The molecule has 0 saturated heterocycles. The van der Waals surface area contributed by atoms with E-state index in [0.717, 1.165) is 11.3 Å². The normalized spacial score (nSPS) is 19.9. The maximum atomic E-state index is 11.1. The molecule has 1 N–H and O–H groups in total. The van der Waals surface area contributed by atoms with Crippen LogP contribution in [0.3, 0.4) is 0 Å². The number of allylic oxidation sites excluding steroid dienone is 7. The predicted molar refractivity (Wildman–Crippen MR) is 72.7 cm³/mol. The van der Waals surface area contributed by atoms with Crippen LogP contribution in [0.2, 0.25) is 0 Å². The van der Waals surface area contributed by atoms with E-state index in [4.69, 9.17) is 16.7 Å². The summed E-state index contributed by atoms with van der Waals surface area (Å²) in [6, 6.07) is 0. The molecule has 1 aliphatic carbocycles. The third kappa shape index (κ3) is 2.62. The zero-order chi connectivity index (χ0) is 13.1. The zero-order valence-electron chi connectivity index (χ0n) is 10.1. The van der Waals surface area contributed by atoms with Crippen LogP contribution in [0.15, 0.2) is 51.7 Å². The smallest absolute Gasteiger partial charge is 0.312 e. The first-order chi connectivity index (χ1) is 8.61. The Kier molecular flexibility index (Phi) is 3.82. The molecule has 94 valence electrons. The second-order valence-electron chi connectivity index (χ2n) is 4.21. The van der Waals surface area contributed by atoms with Crippen molar-refractivity contribution < 1.29 is 9.90 Å². The zero-order valence-corrected chi connectivity index (χ0v) is 10.8. The van der Waals surface area contributed by atoms with Gasteiger partial charge in [0.1, 0.15) is 0 Å². The maximum absolute atomic E-state index is 11.1. The van der Waals surface area contributed by atoms with Crippen LogP contribution < -0.4 is 0 Å². The lowest BCUT2D eigenvalue weighted by molar-refractivity contribution is -0.140. The fourth-order valence-electron chi connectivity index (χ4n) is 2.00. The molecule has 0 aromatic rings. The summed E-state index contributed by atoms with van der Waals surface area (Å²) >= 11 is 5.93. The predicted octanol–water partition coefficient (Wildman–Crippen LogP) is 3.44. The van der Waals surface area contributed by atoms with E-state index in [0.29, 0.717) is 23.6 Å². The van der Waals surface area contributed by atoms with E-state index in [1.165, 1.54) is 0 Å². The number of carbonyl (C=O) groups is 1. The van der Waals surface area contributed by atoms with Crippen LogP contribution >= 0.6 is 11.6 Å². The average molecular weight is 264 g/mol. The van der Waals surface area contributed by atoms with Crippen LogP contribution in [-0.4, -0.2) is 16.8 Å². The molecule has 4 heteroatoms. The Balaban J connectivity index is 2.32. The molecule has 0 saturated carbocycles. The minimum absolute atomic E-state index is 0.529. The molecule has 3 nitrogen and oxygen atoms in total. The van der Waals surface area contributed by atoms with Crippen molar-refractivity contribution in [3.63, 3.8) is 0 Å². The molecular weight excluding hydrogens is 250 g/mol. The van der Waals surface area contributed by atoms with Crippen molar-refractivity contribution in [3.8, 4) is 0 Å². The maximum Gasteiger partial charge on any atom is 0.312 e. The van der Waals surface area contributed by atoms with Gasteiger partial charge in [0.05, 0.1) is 17.3 Å². The number of aliphatic carboxylic acids is 1. The van der Waals surface area contributed by atoms with Gasteiger partial charge in [-0.15, -0.1) is 0 Å². The molecular formula is C14H14ClNO2. The highest BCUT2D eigenvalue weighted by molar-refractivity contribution is 6.32. The molecule has 18 heavy (non-hydrogen) atoms. The lowest BCUT2D eigenvalue weighted by Crippen LogP contribution is -2.17. The van der Waals surface area contributed by atoms with Crippen molar-refractivity contribution >= 4 is 23.3 Å². The molecule has 1 aliphatic heterocycles. The quantitative estimate of drug-likeness (QED) is 0.848. The molecule has 2 aliphatic rings. The summed E-state index contributed by atoms with van der Waals surface area (Å²) in [4.78, 5) is 15.6. The van der Waals surface area contributed by atoms with Crippen molar-refractivity contribution in [1.29, 1.82) is 0 Å². The van der Waals surface area contributed by atoms with E-state index in [1.54, 1.807) is 6.08 Å². The second kappa shape index (κ2) is 5.36. The van der Waals surface area contributed by atoms with Crippen LogP contribution in [0.5, 0.6) is 0 Å².